The molecule has 0 unspecified atom stereocenters. The molecule has 0 radical (unpaired) electrons. The minimum atomic E-state index is -5.38. The van der Waals surface area contributed by atoms with Crippen LogP contribution in [0.3, 0.4) is 0 Å². The van der Waals surface area contributed by atoms with Crippen molar-refractivity contribution in [3.63, 3.8) is 0 Å². The first-order valence-electron chi connectivity index (χ1n) is 4.20. The summed E-state index contributed by atoms with van der Waals surface area (Å²) in [6.07, 6.45) is 2.42. The molecule has 0 saturated heterocycles. The third kappa shape index (κ3) is 1.42. The smallest absolute Gasteiger partial charge is 0.263 e. The summed E-state index contributed by atoms with van der Waals surface area (Å²) < 4.78 is 60.5. The highest BCUT2D eigenvalue weighted by Crippen LogP contribution is 2.64. The van der Waals surface area contributed by atoms with E-state index >= 15 is 0 Å². The van der Waals surface area contributed by atoms with Crippen molar-refractivity contribution in [3.05, 3.63) is 0 Å². The second-order valence-corrected chi connectivity index (χ2v) is 5.75. The van der Waals surface area contributed by atoms with Gasteiger partial charge in [-0.25, -0.2) is 0 Å². The van der Waals surface area contributed by atoms with Gasteiger partial charge in [0.25, 0.3) is 0 Å². The van der Waals surface area contributed by atoms with E-state index in [1.807, 2.05) is 0 Å². The van der Waals surface area contributed by atoms with Crippen molar-refractivity contribution in [3.8, 4) is 0 Å². The highest BCUT2D eigenvalue weighted by molar-refractivity contribution is 7.87. The van der Waals surface area contributed by atoms with Crippen LogP contribution in [0.5, 0.6) is 0 Å². The average Bonchev–Trinajstić information content (AvgIpc) is 1.77. The summed E-state index contributed by atoms with van der Waals surface area (Å²) in [6, 6.07) is 0. The fraction of sp³-hybridized carbons (Fsp3) is 1.00. The maximum Gasteiger partial charge on any atom is 0.523 e. The highest BCUT2D eigenvalue weighted by Gasteiger charge is 2.58. The van der Waals surface area contributed by atoms with Crippen molar-refractivity contribution in [1.82, 2.24) is 0 Å². The molecule has 0 aliphatic heterocycles. The fourth-order valence-electron chi connectivity index (χ4n) is 2.10. The topological polar surface area (TPSA) is 43.4 Å². The second kappa shape index (κ2) is 2.63. The molecule has 0 atom stereocenters. The summed E-state index contributed by atoms with van der Waals surface area (Å²) in [5, 5.41) is 0. The Morgan fingerprint density at radius 3 is 2.07 bits per heavy atom. The molecule has 14 heavy (non-hydrogen) atoms. The van der Waals surface area contributed by atoms with E-state index in [4.69, 9.17) is 0 Å². The zero-order valence-corrected chi connectivity index (χ0v) is 7.99. The van der Waals surface area contributed by atoms with Crippen LogP contribution in [0.15, 0.2) is 0 Å². The van der Waals surface area contributed by atoms with Gasteiger partial charge < -0.3 is 0 Å². The van der Waals surface area contributed by atoms with Crippen LogP contribution in [-0.4, -0.2) is 20.5 Å². The van der Waals surface area contributed by atoms with Gasteiger partial charge in [0, 0.05) is 0 Å². The Labute approximate surface area is 79.4 Å². The zero-order chi connectivity index (χ0) is 10.6. The third-order valence-corrected chi connectivity index (χ3v) is 3.96. The minimum Gasteiger partial charge on any atom is -0.263 e. The maximum absolute atomic E-state index is 11.8. The summed E-state index contributed by atoms with van der Waals surface area (Å²) in [6.45, 7) is -0.314. The Morgan fingerprint density at radius 2 is 1.79 bits per heavy atom. The molecular weight excluding hydrogens is 221 g/mol. The van der Waals surface area contributed by atoms with Gasteiger partial charge in [0.05, 0.1) is 6.61 Å². The van der Waals surface area contributed by atoms with Crippen LogP contribution in [0, 0.1) is 11.3 Å². The summed E-state index contributed by atoms with van der Waals surface area (Å²) in [7, 11) is -5.38. The Hall–Kier alpha value is -0.300. The molecule has 2 bridgehead atoms. The van der Waals surface area contributed by atoms with Gasteiger partial charge in [-0.3, -0.25) is 4.18 Å². The van der Waals surface area contributed by atoms with Gasteiger partial charge in [0.2, 0.25) is 0 Å². The summed E-state index contributed by atoms with van der Waals surface area (Å²) in [5.41, 5.74) is -5.56. The summed E-state index contributed by atoms with van der Waals surface area (Å²) >= 11 is 0. The highest BCUT2D eigenvalue weighted by atomic mass is 32.2. The van der Waals surface area contributed by atoms with Crippen LogP contribution in [0.4, 0.5) is 13.2 Å². The number of alkyl halides is 3. The molecule has 0 aromatic heterocycles. The molecule has 0 N–H and O–H groups in total. The Kier molecular flexibility index (Phi) is 1.92. The summed E-state index contributed by atoms with van der Waals surface area (Å²) in [5.74, 6) is 0.590. The van der Waals surface area contributed by atoms with E-state index in [-0.39, 0.29) is 12.0 Å². The fourth-order valence-corrected chi connectivity index (χ4v) is 2.64. The lowest BCUT2D eigenvalue weighted by molar-refractivity contribution is -0.136. The van der Waals surface area contributed by atoms with Crippen LogP contribution in [0.2, 0.25) is 0 Å². The predicted octanol–water partition coefficient (Wildman–Crippen LogP) is 1.65. The molecule has 3 fully saturated rings. The standard InChI is InChI=1S/C7H9F3O3S/c8-7(9,10)14(11,12)13-4-6-1-5(2-6)3-6/h5H,1-4H2. The van der Waals surface area contributed by atoms with E-state index in [0.717, 1.165) is 19.3 Å². The molecule has 3 rings (SSSR count). The Balaban J connectivity index is 1.91. The van der Waals surface area contributed by atoms with E-state index in [1.165, 1.54) is 0 Å². The van der Waals surface area contributed by atoms with Crippen LogP contribution in [0.1, 0.15) is 19.3 Å². The molecule has 0 heterocycles. The zero-order valence-electron chi connectivity index (χ0n) is 7.17. The van der Waals surface area contributed by atoms with Crippen LogP contribution < -0.4 is 0 Å². The number of rotatable bonds is 3. The number of halogens is 3. The first-order valence-corrected chi connectivity index (χ1v) is 5.61. The molecule has 7 heteroatoms. The molecule has 3 aliphatic rings. The SMILES string of the molecule is O=S(=O)(OCC12CC(C1)C2)C(F)(F)F. The van der Waals surface area contributed by atoms with Gasteiger partial charge >= 0.3 is 15.6 Å². The van der Waals surface area contributed by atoms with E-state index < -0.39 is 15.6 Å². The molecule has 0 aromatic carbocycles. The van der Waals surface area contributed by atoms with Crippen molar-refractivity contribution < 1.29 is 25.8 Å². The van der Waals surface area contributed by atoms with Gasteiger partial charge in [-0.2, -0.15) is 21.6 Å². The lowest BCUT2D eigenvalue weighted by atomic mass is 9.45. The van der Waals surface area contributed by atoms with E-state index in [0.29, 0.717) is 5.92 Å². The van der Waals surface area contributed by atoms with Crippen molar-refractivity contribution in [2.45, 2.75) is 24.8 Å². The van der Waals surface area contributed by atoms with Gasteiger partial charge in [-0.1, -0.05) is 0 Å². The Morgan fingerprint density at radius 1 is 1.29 bits per heavy atom. The van der Waals surface area contributed by atoms with Gasteiger partial charge in [-0.05, 0) is 30.6 Å². The van der Waals surface area contributed by atoms with Crippen LogP contribution >= 0.6 is 0 Å². The predicted molar refractivity (Wildman–Crippen MR) is 40.7 cm³/mol. The van der Waals surface area contributed by atoms with Crippen molar-refractivity contribution >= 4 is 10.1 Å². The van der Waals surface area contributed by atoms with Crippen molar-refractivity contribution in [2.75, 3.05) is 6.61 Å². The van der Waals surface area contributed by atoms with E-state index in [1.54, 1.807) is 0 Å². The Bertz CT molecular complexity index is 329. The lowest BCUT2D eigenvalue weighted by Crippen LogP contribution is -2.55. The molecule has 0 spiro atoms. The van der Waals surface area contributed by atoms with Crippen molar-refractivity contribution in [2.24, 2.45) is 11.3 Å². The molecule has 0 aromatic rings. The molecule has 3 aliphatic carbocycles. The number of hydrogen-bond acceptors (Lipinski definition) is 3. The van der Waals surface area contributed by atoms with Crippen LogP contribution in [0.25, 0.3) is 0 Å². The number of hydrogen-bond donors (Lipinski definition) is 0. The monoisotopic (exact) mass is 230 g/mol. The normalized spacial score (nSPS) is 36.1. The summed E-state index contributed by atoms with van der Waals surface area (Å²) in [4.78, 5) is 0. The average molecular weight is 230 g/mol. The van der Waals surface area contributed by atoms with Gasteiger partial charge in [0.1, 0.15) is 0 Å². The molecule has 3 saturated carbocycles. The largest absolute Gasteiger partial charge is 0.523 e. The lowest BCUT2D eigenvalue weighted by Gasteiger charge is -2.61. The maximum atomic E-state index is 11.8. The van der Waals surface area contributed by atoms with Crippen LogP contribution in [-0.2, 0) is 14.3 Å². The third-order valence-electron chi connectivity index (χ3n) is 2.97. The molecule has 3 nitrogen and oxygen atoms in total. The minimum absolute atomic E-state index is 0.261. The molecule has 82 valence electrons. The van der Waals surface area contributed by atoms with Gasteiger partial charge in [-0.15, -0.1) is 0 Å². The molecular formula is C7H9F3O3S. The first kappa shape index (κ1) is 10.2. The van der Waals surface area contributed by atoms with Crippen molar-refractivity contribution in [1.29, 1.82) is 0 Å². The molecule has 0 amide bonds. The van der Waals surface area contributed by atoms with E-state index in [9.17, 15) is 21.6 Å². The van der Waals surface area contributed by atoms with Gasteiger partial charge in [0.15, 0.2) is 0 Å². The quantitative estimate of drug-likeness (QED) is 0.547. The second-order valence-electron chi connectivity index (χ2n) is 4.14. The van der Waals surface area contributed by atoms with E-state index in [2.05, 4.69) is 4.18 Å². The first-order chi connectivity index (χ1) is 6.24.